The third kappa shape index (κ3) is 3.77. The van der Waals surface area contributed by atoms with Crippen molar-refractivity contribution in [3.63, 3.8) is 0 Å². The molecule has 1 saturated heterocycles. The standard InChI is InChI=1S/C13H26N2/c1-4-6-8-10-15-12-11-14(13(15)3)9-7-5-2/h3-12H2,1-2H3. The maximum Gasteiger partial charge on any atom is 0.0966 e. The van der Waals surface area contributed by atoms with Gasteiger partial charge < -0.3 is 9.80 Å². The molecule has 0 atom stereocenters. The highest BCUT2D eigenvalue weighted by Gasteiger charge is 2.21. The van der Waals surface area contributed by atoms with Crippen LogP contribution >= 0.6 is 0 Å². The summed E-state index contributed by atoms with van der Waals surface area (Å²) in [5.41, 5.74) is 0. The number of hydrogen-bond acceptors (Lipinski definition) is 2. The maximum absolute atomic E-state index is 4.20. The fraction of sp³-hybridized carbons (Fsp3) is 0.846. The minimum absolute atomic E-state index is 1.19. The molecule has 15 heavy (non-hydrogen) atoms. The first-order valence-electron chi connectivity index (χ1n) is 6.48. The summed E-state index contributed by atoms with van der Waals surface area (Å²) in [6, 6.07) is 0. The molecule has 0 saturated carbocycles. The first kappa shape index (κ1) is 12.4. The molecular weight excluding hydrogens is 184 g/mol. The summed E-state index contributed by atoms with van der Waals surface area (Å²) in [6.45, 7) is 13.5. The van der Waals surface area contributed by atoms with Gasteiger partial charge in [-0.05, 0) is 12.8 Å². The number of hydrogen-bond donors (Lipinski definition) is 0. The van der Waals surface area contributed by atoms with E-state index in [-0.39, 0.29) is 0 Å². The van der Waals surface area contributed by atoms with Crippen molar-refractivity contribution in [2.75, 3.05) is 26.2 Å². The van der Waals surface area contributed by atoms with Gasteiger partial charge in [0.2, 0.25) is 0 Å². The van der Waals surface area contributed by atoms with Gasteiger partial charge in [0.1, 0.15) is 0 Å². The average molecular weight is 210 g/mol. The van der Waals surface area contributed by atoms with Crippen LogP contribution in [0.15, 0.2) is 12.4 Å². The van der Waals surface area contributed by atoms with Crippen LogP contribution in [0, 0.1) is 0 Å². The molecule has 0 radical (unpaired) electrons. The van der Waals surface area contributed by atoms with E-state index < -0.39 is 0 Å². The normalized spacial score (nSPS) is 16.5. The second-order valence-corrected chi connectivity index (χ2v) is 4.45. The maximum atomic E-state index is 4.20. The minimum atomic E-state index is 1.19. The third-order valence-electron chi connectivity index (χ3n) is 3.18. The molecule has 0 aromatic heterocycles. The topological polar surface area (TPSA) is 6.48 Å². The molecule has 0 amide bonds. The van der Waals surface area contributed by atoms with E-state index in [0.29, 0.717) is 0 Å². The fourth-order valence-corrected chi connectivity index (χ4v) is 2.08. The smallest absolute Gasteiger partial charge is 0.0966 e. The van der Waals surface area contributed by atoms with Crippen molar-refractivity contribution < 1.29 is 0 Å². The van der Waals surface area contributed by atoms with Crippen LogP contribution in [-0.2, 0) is 0 Å². The summed E-state index contributed by atoms with van der Waals surface area (Å²) >= 11 is 0. The quantitative estimate of drug-likeness (QED) is 0.596. The van der Waals surface area contributed by atoms with Crippen molar-refractivity contribution in [2.45, 2.75) is 46.0 Å². The van der Waals surface area contributed by atoms with Gasteiger partial charge in [0.05, 0.1) is 5.82 Å². The largest absolute Gasteiger partial charge is 0.357 e. The molecule has 0 unspecified atom stereocenters. The van der Waals surface area contributed by atoms with Crippen LogP contribution in [0.25, 0.3) is 0 Å². The van der Waals surface area contributed by atoms with E-state index in [9.17, 15) is 0 Å². The second kappa shape index (κ2) is 6.76. The third-order valence-corrected chi connectivity index (χ3v) is 3.18. The van der Waals surface area contributed by atoms with Gasteiger partial charge >= 0.3 is 0 Å². The molecule has 0 spiro atoms. The number of rotatable bonds is 7. The molecule has 2 nitrogen and oxygen atoms in total. The molecule has 1 aliphatic heterocycles. The molecule has 2 heteroatoms. The Bertz CT molecular complexity index is 189. The van der Waals surface area contributed by atoms with Crippen LogP contribution in [-0.4, -0.2) is 36.0 Å². The average Bonchev–Trinajstić information content (AvgIpc) is 2.58. The Morgan fingerprint density at radius 1 is 0.933 bits per heavy atom. The first-order chi connectivity index (χ1) is 7.29. The predicted octanol–water partition coefficient (Wildman–Crippen LogP) is 3.07. The summed E-state index contributed by atoms with van der Waals surface area (Å²) in [7, 11) is 0. The van der Waals surface area contributed by atoms with Gasteiger partial charge in [0, 0.05) is 26.2 Å². The van der Waals surface area contributed by atoms with Gasteiger partial charge in [-0.1, -0.05) is 39.7 Å². The fourth-order valence-electron chi connectivity index (χ4n) is 2.08. The molecule has 1 fully saturated rings. The van der Waals surface area contributed by atoms with Gasteiger partial charge in [0.25, 0.3) is 0 Å². The van der Waals surface area contributed by atoms with Crippen molar-refractivity contribution in [1.82, 2.24) is 9.80 Å². The monoisotopic (exact) mass is 210 g/mol. The zero-order valence-electron chi connectivity index (χ0n) is 10.5. The van der Waals surface area contributed by atoms with Crippen LogP contribution < -0.4 is 0 Å². The highest BCUT2D eigenvalue weighted by atomic mass is 15.4. The molecule has 1 heterocycles. The van der Waals surface area contributed by atoms with Crippen LogP contribution in [0.2, 0.25) is 0 Å². The Kier molecular flexibility index (Phi) is 5.59. The summed E-state index contributed by atoms with van der Waals surface area (Å²) in [5, 5.41) is 0. The molecule has 0 bridgehead atoms. The van der Waals surface area contributed by atoms with Crippen molar-refractivity contribution in [2.24, 2.45) is 0 Å². The Hall–Kier alpha value is -0.660. The Labute approximate surface area is 94.9 Å². The molecule has 0 aromatic carbocycles. The van der Waals surface area contributed by atoms with Crippen LogP contribution in [0.4, 0.5) is 0 Å². The highest BCUT2D eigenvalue weighted by Crippen LogP contribution is 2.17. The van der Waals surface area contributed by atoms with E-state index in [1.54, 1.807) is 0 Å². The van der Waals surface area contributed by atoms with E-state index >= 15 is 0 Å². The van der Waals surface area contributed by atoms with Crippen molar-refractivity contribution in [1.29, 1.82) is 0 Å². The zero-order valence-corrected chi connectivity index (χ0v) is 10.5. The molecular formula is C13H26N2. The number of unbranched alkanes of at least 4 members (excludes halogenated alkanes) is 3. The summed E-state index contributed by atoms with van der Waals surface area (Å²) in [5.74, 6) is 1.26. The summed E-state index contributed by atoms with van der Waals surface area (Å²) in [4.78, 5) is 4.89. The lowest BCUT2D eigenvalue weighted by Gasteiger charge is -2.23. The van der Waals surface area contributed by atoms with E-state index in [4.69, 9.17) is 0 Å². The summed E-state index contributed by atoms with van der Waals surface area (Å²) in [6.07, 6.45) is 6.54. The lowest BCUT2D eigenvalue weighted by Crippen LogP contribution is -2.23. The second-order valence-electron chi connectivity index (χ2n) is 4.45. The SMILES string of the molecule is C=C1N(CCCC)CCN1CCCCC. The molecule has 0 aliphatic carbocycles. The molecule has 1 rings (SSSR count). The Morgan fingerprint density at radius 3 is 2.00 bits per heavy atom. The van der Waals surface area contributed by atoms with Crippen LogP contribution in [0.1, 0.15) is 46.0 Å². The number of nitrogens with zero attached hydrogens (tertiary/aromatic N) is 2. The predicted molar refractivity (Wildman–Crippen MR) is 66.7 cm³/mol. The molecule has 88 valence electrons. The van der Waals surface area contributed by atoms with Gasteiger partial charge in [-0.3, -0.25) is 0 Å². The van der Waals surface area contributed by atoms with Gasteiger partial charge in [-0.15, -0.1) is 0 Å². The first-order valence-corrected chi connectivity index (χ1v) is 6.48. The Balaban J connectivity index is 2.22. The lowest BCUT2D eigenvalue weighted by molar-refractivity contribution is 0.329. The van der Waals surface area contributed by atoms with Crippen LogP contribution in [0.3, 0.4) is 0 Å². The van der Waals surface area contributed by atoms with Crippen molar-refractivity contribution in [3.05, 3.63) is 12.4 Å². The molecule has 0 N–H and O–H groups in total. The highest BCUT2D eigenvalue weighted by molar-refractivity contribution is 4.99. The van der Waals surface area contributed by atoms with Crippen molar-refractivity contribution in [3.8, 4) is 0 Å². The van der Waals surface area contributed by atoms with Gasteiger partial charge in [0.15, 0.2) is 0 Å². The van der Waals surface area contributed by atoms with E-state index in [1.807, 2.05) is 0 Å². The molecule has 1 aliphatic rings. The van der Waals surface area contributed by atoms with Gasteiger partial charge in [-0.2, -0.15) is 0 Å². The van der Waals surface area contributed by atoms with Crippen LogP contribution in [0.5, 0.6) is 0 Å². The van der Waals surface area contributed by atoms with Gasteiger partial charge in [-0.25, -0.2) is 0 Å². The van der Waals surface area contributed by atoms with E-state index in [0.717, 1.165) is 0 Å². The lowest BCUT2D eigenvalue weighted by atomic mass is 10.2. The van der Waals surface area contributed by atoms with E-state index in [1.165, 1.54) is 64.1 Å². The minimum Gasteiger partial charge on any atom is -0.357 e. The summed E-state index contributed by atoms with van der Waals surface area (Å²) < 4.78 is 0. The van der Waals surface area contributed by atoms with Crippen molar-refractivity contribution >= 4 is 0 Å². The molecule has 0 aromatic rings. The Morgan fingerprint density at radius 2 is 1.47 bits per heavy atom. The van der Waals surface area contributed by atoms with E-state index in [2.05, 4.69) is 30.2 Å². The zero-order chi connectivity index (χ0) is 11.1.